The van der Waals surface area contributed by atoms with Gasteiger partial charge in [-0.05, 0) is 31.2 Å². The van der Waals surface area contributed by atoms with Crippen LogP contribution in [0, 0.1) is 29.6 Å². The molecule has 1 amide bonds. The van der Waals surface area contributed by atoms with E-state index < -0.39 is 24.4 Å². The number of H-pyrrole nitrogens is 1. The Hall–Kier alpha value is -2.90. The van der Waals surface area contributed by atoms with Crippen LogP contribution in [0.3, 0.4) is 0 Å². The van der Waals surface area contributed by atoms with Crippen LogP contribution in [-0.2, 0) is 11.2 Å². The number of primary amides is 1. The number of aryl methyl sites for hydroxylation is 1. The van der Waals surface area contributed by atoms with Gasteiger partial charge in [0.25, 0.3) is 0 Å². The first kappa shape index (κ1) is 32.1. The quantitative estimate of drug-likeness (QED) is 0.184. The Balaban J connectivity index is 2.61. The second-order valence-electron chi connectivity index (χ2n) is 10.1. The van der Waals surface area contributed by atoms with E-state index in [9.17, 15) is 19.8 Å². The summed E-state index contributed by atoms with van der Waals surface area (Å²) in [6, 6.07) is 5.13. The third kappa shape index (κ3) is 11.8. The fourth-order valence-electron chi connectivity index (χ4n) is 4.45. The Morgan fingerprint density at radius 2 is 1.68 bits per heavy atom. The molecule has 1 heterocycles. The second kappa shape index (κ2) is 16.8. The van der Waals surface area contributed by atoms with Gasteiger partial charge in [0.2, 0.25) is 5.56 Å². The molecule has 0 aliphatic heterocycles. The summed E-state index contributed by atoms with van der Waals surface area (Å²) in [4.78, 5) is 25.6. The van der Waals surface area contributed by atoms with Crippen LogP contribution in [0.5, 0.6) is 0 Å². The van der Waals surface area contributed by atoms with E-state index in [1.54, 1.807) is 18.2 Å². The fourth-order valence-corrected chi connectivity index (χ4v) is 4.45. The van der Waals surface area contributed by atoms with Crippen molar-refractivity contribution in [1.82, 2.24) is 4.98 Å². The predicted molar refractivity (Wildman–Crippen MR) is 150 cm³/mol. The fraction of sp³-hybridized carbons (Fsp3) is 0.533. The lowest BCUT2D eigenvalue weighted by atomic mass is 9.82. The minimum atomic E-state index is -0.864. The van der Waals surface area contributed by atoms with Gasteiger partial charge in [0.1, 0.15) is 6.10 Å². The molecule has 0 saturated heterocycles. The van der Waals surface area contributed by atoms with Crippen molar-refractivity contribution in [2.75, 3.05) is 0 Å². The molecule has 7 nitrogen and oxygen atoms in total. The molecule has 0 saturated carbocycles. The molecule has 0 aromatic carbocycles. The molecule has 0 bridgehead atoms. The van der Waals surface area contributed by atoms with Crippen molar-refractivity contribution >= 4 is 6.09 Å². The summed E-state index contributed by atoms with van der Waals surface area (Å²) in [7, 11) is 0. The van der Waals surface area contributed by atoms with E-state index in [0.29, 0.717) is 6.42 Å². The summed E-state index contributed by atoms with van der Waals surface area (Å²) in [6.07, 6.45) is 12.7. The first-order valence-electron chi connectivity index (χ1n) is 13.1. The summed E-state index contributed by atoms with van der Waals surface area (Å²) in [5, 5.41) is 21.7. The van der Waals surface area contributed by atoms with E-state index in [0.717, 1.165) is 18.5 Å². The molecule has 0 fully saturated rings. The number of amides is 1. The van der Waals surface area contributed by atoms with Gasteiger partial charge in [-0.3, -0.25) is 4.79 Å². The molecule has 5 N–H and O–H groups in total. The molecular formula is C30H46N2O5. The highest BCUT2D eigenvalue weighted by atomic mass is 16.6. The highest BCUT2D eigenvalue weighted by Gasteiger charge is 2.33. The normalized spacial score (nSPS) is 18.8. The number of aliphatic hydroxyl groups is 2. The Bertz CT molecular complexity index is 967. The summed E-state index contributed by atoms with van der Waals surface area (Å²) in [5.74, 6) is -0.664. The molecule has 0 aliphatic rings. The molecule has 1 rings (SSSR count). The van der Waals surface area contributed by atoms with E-state index in [4.69, 9.17) is 10.5 Å². The van der Waals surface area contributed by atoms with Gasteiger partial charge < -0.3 is 25.7 Å². The lowest BCUT2D eigenvalue weighted by Crippen LogP contribution is -2.41. The van der Waals surface area contributed by atoms with Crippen molar-refractivity contribution in [2.24, 2.45) is 35.3 Å². The van der Waals surface area contributed by atoms with E-state index >= 15 is 0 Å². The number of hydrogen-bond acceptors (Lipinski definition) is 5. The molecule has 0 spiro atoms. The molecule has 8 atom stereocenters. The van der Waals surface area contributed by atoms with E-state index in [2.05, 4.69) is 11.6 Å². The summed E-state index contributed by atoms with van der Waals surface area (Å²) in [5.41, 5.74) is 6.06. The van der Waals surface area contributed by atoms with Gasteiger partial charge in [0.05, 0.1) is 12.2 Å². The SMILES string of the molecule is C=C/C=C\[C@H](C)[C@H](OC(N)=O)[C@@H](C)[C@H](O)[C@@H](C)C/C=C\[C@H](C)[C@@H](O)[C@@H](C)/C=C\CCc1cccc(=O)[nH]1. The lowest BCUT2D eigenvalue weighted by Gasteiger charge is -2.33. The minimum Gasteiger partial charge on any atom is -0.445 e. The van der Waals surface area contributed by atoms with E-state index in [1.807, 2.05) is 71.1 Å². The summed E-state index contributed by atoms with van der Waals surface area (Å²) < 4.78 is 5.33. The number of nitrogens with one attached hydrogen (secondary N) is 1. The summed E-state index contributed by atoms with van der Waals surface area (Å²) in [6.45, 7) is 13.3. The Morgan fingerprint density at radius 1 is 1.03 bits per heavy atom. The molecule has 7 heteroatoms. The third-order valence-corrected chi connectivity index (χ3v) is 6.83. The molecule has 206 valence electrons. The number of carbonyl (C=O) groups is 1. The molecule has 0 unspecified atom stereocenters. The third-order valence-electron chi connectivity index (χ3n) is 6.83. The molecule has 1 aromatic rings. The van der Waals surface area contributed by atoms with Gasteiger partial charge in [-0.15, -0.1) is 0 Å². The number of aromatic amines is 1. The number of nitrogens with two attached hydrogens (primary N) is 1. The van der Waals surface area contributed by atoms with Crippen molar-refractivity contribution in [1.29, 1.82) is 0 Å². The number of pyridine rings is 1. The monoisotopic (exact) mass is 514 g/mol. The predicted octanol–water partition coefficient (Wildman–Crippen LogP) is 4.92. The zero-order valence-corrected chi connectivity index (χ0v) is 22.9. The molecule has 0 radical (unpaired) electrons. The van der Waals surface area contributed by atoms with Crippen LogP contribution in [-0.4, -0.2) is 39.6 Å². The Labute approximate surface area is 221 Å². The highest BCUT2D eigenvalue weighted by Crippen LogP contribution is 2.27. The maximum Gasteiger partial charge on any atom is 0.404 e. The van der Waals surface area contributed by atoms with E-state index in [1.165, 1.54) is 6.07 Å². The number of aliphatic hydroxyl groups excluding tert-OH is 2. The number of ether oxygens (including phenoxy) is 1. The van der Waals surface area contributed by atoms with Crippen LogP contribution in [0.4, 0.5) is 4.79 Å². The smallest absolute Gasteiger partial charge is 0.404 e. The van der Waals surface area contributed by atoms with Crippen LogP contribution in [0.25, 0.3) is 0 Å². The molecular weight excluding hydrogens is 468 g/mol. The molecule has 37 heavy (non-hydrogen) atoms. The number of aromatic nitrogens is 1. The molecule has 1 aromatic heterocycles. The van der Waals surface area contributed by atoms with Gasteiger partial charge in [0.15, 0.2) is 0 Å². The van der Waals surface area contributed by atoms with Crippen molar-refractivity contribution < 1.29 is 19.7 Å². The first-order chi connectivity index (χ1) is 17.5. The number of allylic oxidation sites excluding steroid dienone is 4. The highest BCUT2D eigenvalue weighted by molar-refractivity contribution is 5.64. The number of carbonyl (C=O) groups excluding carboxylic acids is 1. The largest absolute Gasteiger partial charge is 0.445 e. The standard InChI is InChI=1S/C30H46N2O5/c1-7-8-13-23(5)29(37-30(31)36)24(6)28(35)22(4)16-11-15-21(3)27(34)20(2)14-9-10-17-25-18-12-19-26(33)32-25/h7-9,11-15,18-24,27-29,34-35H,1,10,16-17H2,2-6H3,(H2,31,36)(H,32,33)/b13-8-,14-9-,15-11-/t20-,21-,22-,23-,24-,27-,28+,29-/m0/s1. The zero-order valence-electron chi connectivity index (χ0n) is 22.9. The van der Waals surface area contributed by atoms with Crippen molar-refractivity contribution in [3.63, 3.8) is 0 Å². The first-order valence-corrected chi connectivity index (χ1v) is 13.1. The average Bonchev–Trinajstić information content (AvgIpc) is 2.86. The minimum absolute atomic E-state index is 0.0330. The number of rotatable bonds is 16. The maximum absolute atomic E-state index is 11.4. The van der Waals surface area contributed by atoms with Crippen molar-refractivity contribution in [3.8, 4) is 0 Å². The van der Waals surface area contributed by atoms with Crippen LogP contribution >= 0.6 is 0 Å². The summed E-state index contributed by atoms with van der Waals surface area (Å²) >= 11 is 0. The average molecular weight is 515 g/mol. The van der Waals surface area contributed by atoms with Crippen LogP contribution in [0.2, 0.25) is 0 Å². The van der Waals surface area contributed by atoms with Crippen molar-refractivity contribution in [2.45, 2.75) is 72.2 Å². The van der Waals surface area contributed by atoms with E-state index in [-0.39, 0.29) is 35.1 Å². The Morgan fingerprint density at radius 3 is 2.27 bits per heavy atom. The van der Waals surface area contributed by atoms with Gasteiger partial charge >= 0.3 is 6.09 Å². The van der Waals surface area contributed by atoms with Crippen LogP contribution in [0.15, 0.2) is 72.1 Å². The Kier molecular flexibility index (Phi) is 14.6. The molecule has 0 aliphatic carbocycles. The van der Waals surface area contributed by atoms with Gasteiger partial charge in [-0.25, -0.2) is 4.79 Å². The van der Waals surface area contributed by atoms with Gasteiger partial charge in [-0.1, -0.05) is 89.8 Å². The van der Waals surface area contributed by atoms with Gasteiger partial charge in [-0.2, -0.15) is 0 Å². The number of hydrogen-bond donors (Lipinski definition) is 4. The lowest BCUT2D eigenvalue weighted by molar-refractivity contribution is -0.0261. The second-order valence-corrected chi connectivity index (χ2v) is 10.1. The van der Waals surface area contributed by atoms with Crippen LogP contribution < -0.4 is 11.3 Å². The zero-order chi connectivity index (χ0) is 28.0. The maximum atomic E-state index is 11.4. The van der Waals surface area contributed by atoms with Gasteiger partial charge in [0, 0.05) is 35.4 Å². The topological polar surface area (TPSA) is 126 Å². The van der Waals surface area contributed by atoms with Crippen LogP contribution in [0.1, 0.15) is 53.2 Å². The van der Waals surface area contributed by atoms with Crippen molar-refractivity contribution in [3.05, 3.63) is 83.4 Å².